The Balaban J connectivity index is 0.000000132. The Bertz CT molecular complexity index is 4670. The molecule has 0 aliphatic carbocycles. The molecule has 0 saturated carbocycles. The van der Waals surface area contributed by atoms with Gasteiger partial charge in [-0.05, 0) is 194 Å². The summed E-state index contributed by atoms with van der Waals surface area (Å²) < 4.78 is 12.2. The van der Waals surface area contributed by atoms with Gasteiger partial charge in [-0.2, -0.15) is 0 Å². The summed E-state index contributed by atoms with van der Waals surface area (Å²) in [6, 6.07) is 88.3. The lowest BCUT2D eigenvalue weighted by molar-refractivity contribution is 0.488. The molecular weight excluding hydrogens is 1440 g/mol. The topological polar surface area (TPSA) is 18.5 Å². The second-order valence-electron chi connectivity index (χ2n) is 32.2. The Morgan fingerprint density at radius 2 is 0.655 bits per heavy atom. The fourth-order valence-corrected chi connectivity index (χ4v) is 36.5. The van der Waals surface area contributed by atoms with E-state index < -0.39 is 8.15 Å². The van der Waals surface area contributed by atoms with Crippen LogP contribution in [0.25, 0.3) is 32.1 Å². The standard InChI is InChI=1S/C23H31P.C19H23P.2C15H15OP.C15H15P.C15H27P/c1-15(2)24-22(20-11-16(3)9-17(4)12-20)7-8-23(24)21-13-18(5)10-19(6)14-21;1-15(2)20-18(16-9-5-3-6-10-16)13-14-19(20)17-11-7-4-8-12-17;1-11(2)17-14-9-5-3-7-12(14)16-13-8-4-6-10-15(13)17;1-11(2)17-15-10-6-4-8-13(15)12-7-3-5-9-14(12)16-17;1-11(2)16-14-9-5-3-7-12(14)13-8-4-6-10-15(13)16;1-7-12-13(8-2)15(10-4)16(11(5)6)14(12)9-3/h9-15,22-23H,7-8H2,1-6H3;3-12,15,18-19H,13-14H2,1-2H3;2*3-11H,1-2H3;3-11H,1-2H3;11H,7-10H2,1-6H3. The van der Waals surface area contributed by atoms with Crippen LogP contribution in [0.4, 0.5) is 0 Å². The van der Waals surface area contributed by atoms with Gasteiger partial charge in [0.2, 0.25) is 0 Å². The monoisotopic (exact) mass is 1570 g/mol. The van der Waals surface area contributed by atoms with Gasteiger partial charge in [-0.25, -0.2) is 0 Å². The van der Waals surface area contributed by atoms with Crippen molar-refractivity contribution in [2.24, 2.45) is 0 Å². The fraction of sp³-hybridized carbons (Fsp3) is 0.373. The van der Waals surface area contributed by atoms with Crippen LogP contribution in [0.5, 0.6) is 17.2 Å². The number of benzene rings is 10. The summed E-state index contributed by atoms with van der Waals surface area (Å²) in [6.07, 6.45) is 10.4. The molecule has 0 radical (unpaired) electrons. The van der Waals surface area contributed by atoms with E-state index >= 15 is 0 Å². The molecule has 12 aromatic rings. The lowest BCUT2D eigenvalue weighted by Gasteiger charge is -2.31. The van der Waals surface area contributed by atoms with Gasteiger partial charge in [0, 0.05) is 60.0 Å². The van der Waals surface area contributed by atoms with Crippen molar-refractivity contribution in [3.63, 3.8) is 0 Å². The van der Waals surface area contributed by atoms with Gasteiger partial charge in [-0.15, -0.1) is 15.1 Å². The van der Waals surface area contributed by atoms with Crippen LogP contribution in [0.15, 0.2) is 243 Å². The lowest BCUT2D eigenvalue weighted by Crippen LogP contribution is -2.24. The van der Waals surface area contributed by atoms with Crippen LogP contribution in [0.1, 0.15) is 237 Å². The molecule has 8 heteroatoms. The van der Waals surface area contributed by atoms with Crippen molar-refractivity contribution in [2.75, 3.05) is 0 Å². The minimum absolute atomic E-state index is 0.0165. The first-order valence-electron chi connectivity index (χ1n) is 41.4. The number of rotatable bonds is 14. The molecule has 4 aliphatic rings. The zero-order chi connectivity index (χ0) is 78.4. The minimum atomic E-state index is -0.533. The summed E-state index contributed by atoms with van der Waals surface area (Å²) >= 11 is 0. The van der Waals surface area contributed by atoms with E-state index in [0.717, 1.165) is 62.5 Å². The van der Waals surface area contributed by atoms with E-state index in [4.69, 9.17) is 9.26 Å². The average molecular weight is 1570 g/mol. The van der Waals surface area contributed by atoms with Crippen LogP contribution >= 0.6 is 47.0 Å². The molecule has 2 fully saturated rings. The average Bonchev–Trinajstić information content (AvgIpc) is 1.59. The molecule has 5 atom stereocenters. The Labute approximate surface area is 672 Å². The maximum Gasteiger partial charge on any atom is 0.135 e. The minimum Gasteiger partial charge on any atom is -0.468 e. The molecule has 10 aromatic carbocycles. The number of hydrogen-bond donors (Lipinski definition) is 0. The number of fused-ring (bicyclic) bond motifs is 8. The molecule has 0 spiro atoms. The zero-order valence-electron chi connectivity index (χ0n) is 70.0. The number of para-hydroxylation sites is 3. The second kappa shape index (κ2) is 39.6. The molecule has 4 aliphatic heterocycles. The van der Waals surface area contributed by atoms with Crippen LogP contribution in [0.2, 0.25) is 0 Å². The molecule has 576 valence electrons. The SMILES string of the molecule is CC(C)P1C(c2ccccc2)CCC1c1ccccc1.CC(C)P1Oc2ccccc2-c2ccccc21.CC(C)P1c2ccccc2Oc2ccccc21.CC(C)p1c2ccccc2c2ccccc21.CCc1c(CC)c(CC)p(C(C)C)c1CC.Cc1cc(C)cc(C2CCC(c3cc(C)cc(C)c3)P2C(C)C)c1. The highest BCUT2D eigenvalue weighted by Crippen LogP contribution is 2.74. The van der Waals surface area contributed by atoms with E-state index in [9.17, 15) is 0 Å². The van der Waals surface area contributed by atoms with Gasteiger partial charge < -0.3 is 9.26 Å². The van der Waals surface area contributed by atoms with E-state index in [-0.39, 0.29) is 38.8 Å². The van der Waals surface area contributed by atoms with E-state index in [1.165, 1.54) is 111 Å². The van der Waals surface area contributed by atoms with E-state index in [1.54, 1.807) is 54.2 Å². The first-order valence-corrected chi connectivity index (χ1v) is 50.1. The Kier molecular flexibility index (Phi) is 30.4. The van der Waals surface area contributed by atoms with Crippen molar-refractivity contribution in [1.29, 1.82) is 0 Å². The van der Waals surface area contributed by atoms with E-state index in [0.29, 0.717) is 11.3 Å². The highest BCUT2D eigenvalue weighted by atomic mass is 31.1. The number of ether oxygens (including phenoxy) is 1. The molecule has 2 aromatic heterocycles. The number of aryl methyl sites for hydroxylation is 4. The predicted molar refractivity (Wildman–Crippen MR) is 498 cm³/mol. The van der Waals surface area contributed by atoms with Crippen molar-refractivity contribution in [2.45, 2.75) is 246 Å². The lowest BCUT2D eigenvalue weighted by atomic mass is 9.99. The Morgan fingerprint density at radius 1 is 0.309 bits per heavy atom. The molecule has 0 N–H and O–H groups in total. The zero-order valence-corrected chi connectivity index (χ0v) is 75.4. The summed E-state index contributed by atoms with van der Waals surface area (Å²) in [7, 11) is -0.935. The van der Waals surface area contributed by atoms with Crippen molar-refractivity contribution in [1.82, 2.24) is 0 Å². The maximum absolute atomic E-state index is 6.18. The van der Waals surface area contributed by atoms with Crippen LogP contribution in [0, 0.1) is 27.7 Å². The van der Waals surface area contributed by atoms with Gasteiger partial charge in [-0.1, -0.05) is 373 Å². The second-order valence-corrected chi connectivity index (χ2v) is 49.2. The largest absolute Gasteiger partial charge is 0.468 e. The molecule has 6 heterocycles. The van der Waals surface area contributed by atoms with Gasteiger partial charge >= 0.3 is 0 Å². The molecule has 16 rings (SSSR count). The molecule has 0 amide bonds. The van der Waals surface area contributed by atoms with Crippen LogP contribution < -0.4 is 25.2 Å². The third kappa shape index (κ3) is 19.5. The Hall–Kier alpha value is -6.40. The van der Waals surface area contributed by atoms with Crippen molar-refractivity contribution in [3.8, 4) is 28.4 Å². The fourth-order valence-electron chi connectivity index (χ4n) is 18.2. The number of hydrogen-bond acceptors (Lipinski definition) is 2. The van der Waals surface area contributed by atoms with Crippen LogP contribution in [-0.4, -0.2) is 22.6 Å². The van der Waals surface area contributed by atoms with Crippen molar-refractivity contribution in [3.05, 3.63) is 309 Å². The molecule has 2 nitrogen and oxygen atoms in total. The summed E-state index contributed by atoms with van der Waals surface area (Å²) in [5.41, 5.74) is 25.4. The molecular formula is C102H126O2P6. The van der Waals surface area contributed by atoms with Crippen molar-refractivity contribution >= 4 is 83.9 Å². The molecule has 110 heavy (non-hydrogen) atoms. The van der Waals surface area contributed by atoms with Gasteiger partial charge in [0.15, 0.2) is 0 Å². The summed E-state index contributed by atoms with van der Waals surface area (Å²) in [4.78, 5) is 0. The summed E-state index contributed by atoms with van der Waals surface area (Å²) in [5.74, 6) is 3.10. The smallest absolute Gasteiger partial charge is 0.135 e. The Morgan fingerprint density at radius 3 is 1.03 bits per heavy atom. The highest BCUT2D eigenvalue weighted by Gasteiger charge is 2.41. The highest BCUT2D eigenvalue weighted by molar-refractivity contribution is 7.74. The molecule has 0 bridgehead atoms. The third-order valence-corrected chi connectivity index (χ3v) is 41.0. The van der Waals surface area contributed by atoms with Crippen molar-refractivity contribution < 1.29 is 9.26 Å². The van der Waals surface area contributed by atoms with Gasteiger partial charge in [0.05, 0.1) is 0 Å². The molecule has 5 unspecified atom stereocenters. The maximum atomic E-state index is 6.18. The normalized spacial score (nSPS) is 18.1. The van der Waals surface area contributed by atoms with Gasteiger partial charge in [-0.3, -0.25) is 0 Å². The first-order chi connectivity index (χ1) is 53.1. The van der Waals surface area contributed by atoms with Gasteiger partial charge in [0.25, 0.3) is 0 Å². The van der Waals surface area contributed by atoms with E-state index in [2.05, 4.69) is 363 Å². The predicted octanol–water partition coefficient (Wildman–Crippen LogP) is 32.4. The summed E-state index contributed by atoms with van der Waals surface area (Å²) in [6.45, 7) is 46.6. The third-order valence-electron chi connectivity index (χ3n) is 22.3. The molecule has 2 saturated heterocycles. The quantitative estimate of drug-likeness (QED) is 0.101. The van der Waals surface area contributed by atoms with Crippen LogP contribution in [0.3, 0.4) is 0 Å². The van der Waals surface area contributed by atoms with Crippen LogP contribution in [-0.2, 0) is 25.7 Å². The first kappa shape index (κ1) is 84.5. The summed E-state index contributed by atoms with van der Waals surface area (Å²) in [5, 5.41) is 13.8. The van der Waals surface area contributed by atoms with E-state index in [1.807, 2.05) is 18.2 Å². The van der Waals surface area contributed by atoms with Gasteiger partial charge in [0.1, 0.15) is 25.4 Å².